The smallest absolute Gasteiger partial charge is 0.435 e. The van der Waals surface area contributed by atoms with Crippen molar-refractivity contribution >= 4 is 5.69 Å². The molecule has 1 aliphatic heterocycles. The lowest BCUT2D eigenvalue weighted by molar-refractivity contribution is -0.274. The molecule has 1 aliphatic rings. The number of fused-ring (bicyclic) bond motifs is 1. The summed E-state index contributed by atoms with van der Waals surface area (Å²) < 4.78 is 71.2. The third-order valence-corrected chi connectivity index (χ3v) is 5.05. The molecule has 3 nitrogen and oxygen atoms in total. The topological polar surface area (TPSA) is 30.5 Å². The fraction of sp³-hybridized carbons (Fsp3) is 0.217. The van der Waals surface area contributed by atoms with Gasteiger partial charge in [0.15, 0.2) is 0 Å². The average molecular weight is 435 g/mol. The van der Waals surface area contributed by atoms with E-state index in [0.717, 1.165) is 22.4 Å². The zero-order valence-corrected chi connectivity index (χ0v) is 16.1. The van der Waals surface area contributed by atoms with E-state index >= 15 is 0 Å². The second kappa shape index (κ2) is 8.45. The number of nitrogens with one attached hydrogen (secondary N) is 1. The van der Waals surface area contributed by atoms with Crippen LogP contribution in [0.25, 0.3) is 11.1 Å². The van der Waals surface area contributed by atoms with Crippen LogP contribution < -0.4 is 14.8 Å². The number of rotatable bonds is 5. The summed E-state index contributed by atoms with van der Waals surface area (Å²) >= 11 is 0. The lowest BCUT2D eigenvalue weighted by atomic mass is 9.88. The third-order valence-electron chi connectivity index (χ3n) is 5.05. The predicted octanol–water partition coefficient (Wildman–Crippen LogP) is 6.95. The number of halogens is 5. The van der Waals surface area contributed by atoms with Gasteiger partial charge in [0, 0.05) is 5.69 Å². The highest BCUT2D eigenvalue weighted by molar-refractivity contribution is 5.76. The lowest BCUT2D eigenvalue weighted by Crippen LogP contribution is -2.19. The molecule has 1 atom stereocenters. The Bertz CT molecular complexity index is 1070. The van der Waals surface area contributed by atoms with Crippen molar-refractivity contribution in [3.05, 3.63) is 77.9 Å². The zero-order valence-electron chi connectivity index (χ0n) is 16.1. The second-order valence-corrected chi connectivity index (χ2v) is 7.09. The summed E-state index contributed by atoms with van der Waals surface area (Å²) in [5.74, 6) is -0.185. The monoisotopic (exact) mass is 435 g/mol. The van der Waals surface area contributed by atoms with Crippen LogP contribution >= 0.6 is 0 Å². The van der Waals surface area contributed by atoms with Crippen LogP contribution in [0.15, 0.2) is 66.7 Å². The standard InChI is InChI=1S/C23H18F5NO2/c24-22(25)30-16-6-2-5-15(13-16)20-11-10-19-18(8-3-9-21(19)29-20)14-4-1-7-17(12-14)31-23(26,27)28/h1-9,12-13,20,22,29H,10-11H2. The molecule has 3 aromatic carbocycles. The number of hydrogen-bond donors (Lipinski definition) is 1. The van der Waals surface area contributed by atoms with Gasteiger partial charge in [-0.05, 0) is 65.4 Å². The van der Waals surface area contributed by atoms with Gasteiger partial charge in [0.05, 0.1) is 6.04 Å². The van der Waals surface area contributed by atoms with E-state index in [0.29, 0.717) is 18.4 Å². The van der Waals surface area contributed by atoms with Crippen molar-refractivity contribution in [2.24, 2.45) is 0 Å². The van der Waals surface area contributed by atoms with Crippen LogP contribution in [-0.2, 0) is 6.42 Å². The van der Waals surface area contributed by atoms with Gasteiger partial charge in [-0.25, -0.2) is 0 Å². The molecule has 1 N–H and O–H groups in total. The molecule has 4 rings (SSSR count). The summed E-state index contributed by atoms with van der Waals surface area (Å²) in [6.45, 7) is -2.89. The molecule has 0 spiro atoms. The van der Waals surface area contributed by atoms with Gasteiger partial charge in [-0.15, -0.1) is 13.2 Å². The summed E-state index contributed by atoms with van der Waals surface area (Å²) in [7, 11) is 0. The Balaban J connectivity index is 1.59. The van der Waals surface area contributed by atoms with E-state index in [1.807, 2.05) is 24.3 Å². The average Bonchev–Trinajstić information content (AvgIpc) is 2.71. The Morgan fingerprint density at radius 2 is 1.65 bits per heavy atom. The Hall–Kier alpha value is -3.29. The molecule has 0 bridgehead atoms. The molecule has 0 aromatic heterocycles. The van der Waals surface area contributed by atoms with Crippen molar-refractivity contribution in [2.75, 3.05) is 5.32 Å². The molecule has 8 heteroatoms. The molecule has 31 heavy (non-hydrogen) atoms. The van der Waals surface area contributed by atoms with Gasteiger partial charge in [-0.1, -0.05) is 36.4 Å². The van der Waals surface area contributed by atoms with Crippen LogP contribution in [0.3, 0.4) is 0 Å². The van der Waals surface area contributed by atoms with E-state index in [1.54, 1.807) is 18.2 Å². The van der Waals surface area contributed by atoms with Crippen molar-refractivity contribution < 1.29 is 31.4 Å². The van der Waals surface area contributed by atoms with Crippen molar-refractivity contribution in [3.8, 4) is 22.6 Å². The fourth-order valence-corrected chi connectivity index (χ4v) is 3.83. The molecule has 1 unspecified atom stereocenters. The van der Waals surface area contributed by atoms with E-state index in [1.165, 1.54) is 24.3 Å². The molecule has 0 fully saturated rings. The van der Waals surface area contributed by atoms with Gasteiger partial charge in [-0.2, -0.15) is 8.78 Å². The van der Waals surface area contributed by atoms with Crippen LogP contribution in [0.4, 0.5) is 27.6 Å². The highest BCUT2D eigenvalue weighted by atomic mass is 19.4. The van der Waals surface area contributed by atoms with Crippen LogP contribution in [0.5, 0.6) is 11.5 Å². The third kappa shape index (κ3) is 5.07. The molecule has 0 amide bonds. The van der Waals surface area contributed by atoms with Gasteiger partial charge >= 0.3 is 13.0 Å². The quantitative estimate of drug-likeness (QED) is 0.440. The maximum absolute atomic E-state index is 12.6. The van der Waals surface area contributed by atoms with Gasteiger partial charge < -0.3 is 14.8 Å². The van der Waals surface area contributed by atoms with Crippen LogP contribution in [-0.4, -0.2) is 13.0 Å². The van der Waals surface area contributed by atoms with Crippen molar-refractivity contribution in [2.45, 2.75) is 31.9 Å². The van der Waals surface area contributed by atoms with Crippen molar-refractivity contribution in [1.82, 2.24) is 0 Å². The second-order valence-electron chi connectivity index (χ2n) is 7.09. The summed E-state index contributed by atoms with van der Waals surface area (Å²) in [5, 5.41) is 3.40. The Morgan fingerprint density at radius 3 is 2.42 bits per heavy atom. The van der Waals surface area contributed by atoms with Gasteiger partial charge in [0.25, 0.3) is 0 Å². The minimum atomic E-state index is -4.76. The minimum absolute atomic E-state index is 0.0929. The highest BCUT2D eigenvalue weighted by Gasteiger charge is 2.31. The lowest BCUT2D eigenvalue weighted by Gasteiger charge is -2.29. The first kappa shape index (κ1) is 21.0. The zero-order chi connectivity index (χ0) is 22.0. The molecule has 0 radical (unpaired) electrons. The number of anilines is 1. The van der Waals surface area contributed by atoms with Crippen LogP contribution in [0.2, 0.25) is 0 Å². The van der Waals surface area contributed by atoms with Crippen LogP contribution in [0.1, 0.15) is 23.6 Å². The van der Waals surface area contributed by atoms with Gasteiger partial charge in [0.1, 0.15) is 11.5 Å². The maximum atomic E-state index is 12.6. The predicted molar refractivity (Wildman–Crippen MR) is 106 cm³/mol. The van der Waals surface area contributed by atoms with Crippen molar-refractivity contribution in [1.29, 1.82) is 0 Å². The normalized spacial score (nSPS) is 15.9. The van der Waals surface area contributed by atoms with E-state index in [4.69, 9.17) is 0 Å². The number of alkyl halides is 5. The van der Waals surface area contributed by atoms with E-state index < -0.39 is 13.0 Å². The SMILES string of the molecule is FC(F)Oc1cccc(C2CCc3c(cccc3-c3cccc(OC(F)(F)F)c3)N2)c1. The fourth-order valence-electron chi connectivity index (χ4n) is 3.83. The largest absolute Gasteiger partial charge is 0.573 e. The number of hydrogen-bond acceptors (Lipinski definition) is 3. The number of benzene rings is 3. The van der Waals surface area contributed by atoms with E-state index in [-0.39, 0.29) is 17.5 Å². The van der Waals surface area contributed by atoms with Gasteiger partial charge in [0.2, 0.25) is 0 Å². The first-order chi connectivity index (χ1) is 14.8. The summed E-state index contributed by atoms with van der Waals surface area (Å²) in [6.07, 6.45) is -3.42. The van der Waals surface area contributed by atoms with Crippen molar-refractivity contribution in [3.63, 3.8) is 0 Å². The molecule has 3 aromatic rings. The Morgan fingerprint density at radius 1 is 0.903 bits per heavy atom. The molecule has 162 valence electrons. The minimum Gasteiger partial charge on any atom is -0.435 e. The van der Waals surface area contributed by atoms with Gasteiger partial charge in [-0.3, -0.25) is 0 Å². The summed E-state index contributed by atoms with van der Waals surface area (Å²) in [4.78, 5) is 0. The summed E-state index contributed by atoms with van der Waals surface area (Å²) in [5.41, 5.74) is 4.06. The van der Waals surface area contributed by atoms with E-state index in [2.05, 4.69) is 14.8 Å². The molecular weight excluding hydrogens is 417 g/mol. The first-order valence-electron chi connectivity index (χ1n) is 9.58. The summed E-state index contributed by atoms with van der Waals surface area (Å²) in [6, 6.07) is 17.9. The molecule has 1 heterocycles. The highest BCUT2D eigenvalue weighted by Crippen LogP contribution is 2.39. The maximum Gasteiger partial charge on any atom is 0.573 e. The van der Waals surface area contributed by atoms with E-state index in [9.17, 15) is 22.0 Å². The molecule has 0 saturated heterocycles. The molecule has 0 saturated carbocycles. The Labute approximate surface area is 175 Å². The molecular formula is C23H18F5NO2. The first-order valence-corrected chi connectivity index (χ1v) is 9.58. The number of ether oxygens (including phenoxy) is 2. The molecule has 0 aliphatic carbocycles. The van der Waals surface area contributed by atoms with Crippen LogP contribution in [0, 0.1) is 0 Å². The Kier molecular flexibility index (Phi) is 5.71.